The minimum atomic E-state index is -0.130. The van der Waals surface area contributed by atoms with Gasteiger partial charge in [0.25, 0.3) is 0 Å². The Morgan fingerprint density at radius 1 is 1.19 bits per heavy atom. The van der Waals surface area contributed by atoms with E-state index >= 15 is 0 Å². The molecule has 0 aliphatic carbocycles. The first kappa shape index (κ1) is 16.4. The Morgan fingerprint density at radius 2 is 1.81 bits per heavy atom. The summed E-state index contributed by atoms with van der Waals surface area (Å²) in [5.74, 6) is 0.0137. The molecule has 5 heteroatoms. The lowest BCUT2D eigenvalue weighted by Crippen LogP contribution is -2.24. The molecule has 110 valence electrons. The fraction of sp³-hybridized carbons (Fsp3) is 0.188. The maximum absolute atomic E-state index is 12.3. The number of halogens is 2. The van der Waals surface area contributed by atoms with Gasteiger partial charge in [-0.05, 0) is 55.0 Å². The van der Waals surface area contributed by atoms with E-state index in [1.165, 1.54) is 0 Å². The van der Waals surface area contributed by atoms with Gasteiger partial charge in [-0.2, -0.15) is 0 Å². The molecule has 0 saturated heterocycles. The molecule has 0 spiro atoms. The van der Waals surface area contributed by atoms with Gasteiger partial charge in [-0.25, -0.2) is 0 Å². The molecule has 1 unspecified atom stereocenters. The van der Waals surface area contributed by atoms with Crippen LogP contribution in [-0.2, 0) is 4.79 Å². The number of rotatable bonds is 5. The van der Waals surface area contributed by atoms with Crippen molar-refractivity contribution in [1.82, 2.24) is 0 Å². The molecule has 0 bridgehead atoms. The molecular weight excluding hydrogens is 370 g/mol. The highest BCUT2D eigenvalue weighted by Gasteiger charge is 2.18. The number of thioether (sulfide) groups is 1. The molecule has 0 heterocycles. The van der Waals surface area contributed by atoms with Crippen molar-refractivity contribution in [3.8, 4) is 0 Å². The zero-order valence-corrected chi connectivity index (χ0v) is 14.6. The van der Waals surface area contributed by atoms with Crippen LogP contribution in [-0.4, -0.2) is 11.2 Å². The smallest absolute Gasteiger partial charge is 0.237 e. The van der Waals surface area contributed by atoms with Gasteiger partial charge in [0, 0.05) is 20.1 Å². The summed E-state index contributed by atoms with van der Waals surface area (Å²) >= 11 is 10.8. The summed E-state index contributed by atoms with van der Waals surface area (Å²) in [5.41, 5.74) is 0.804. The number of carbonyl (C=O) groups excluding carboxylic acids is 1. The summed E-state index contributed by atoms with van der Waals surface area (Å²) in [5, 5.41) is 3.52. The SMILES string of the molecule is CCC(Sc1ccc(Cl)cc1)C(=O)Nc1ccc(Br)cc1. The van der Waals surface area contributed by atoms with Crippen molar-refractivity contribution >= 4 is 50.9 Å². The molecule has 0 saturated carbocycles. The van der Waals surface area contributed by atoms with Crippen LogP contribution >= 0.6 is 39.3 Å². The summed E-state index contributed by atoms with van der Waals surface area (Å²) in [4.78, 5) is 13.4. The molecule has 0 radical (unpaired) electrons. The maximum atomic E-state index is 12.3. The van der Waals surface area contributed by atoms with Gasteiger partial charge in [0.1, 0.15) is 0 Å². The van der Waals surface area contributed by atoms with E-state index in [1.807, 2.05) is 55.5 Å². The standard InChI is InChI=1S/C16H15BrClNOS/c1-2-15(21-14-9-5-12(18)6-10-14)16(20)19-13-7-3-11(17)4-8-13/h3-10,15H,2H2,1H3,(H,19,20). The minimum Gasteiger partial charge on any atom is -0.325 e. The lowest BCUT2D eigenvalue weighted by Gasteiger charge is -2.15. The molecule has 1 amide bonds. The van der Waals surface area contributed by atoms with Crippen LogP contribution in [0.25, 0.3) is 0 Å². The predicted molar refractivity (Wildman–Crippen MR) is 94.2 cm³/mol. The normalized spacial score (nSPS) is 12.0. The molecule has 2 aromatic carbocycles. The van der Waals surface area contributed by atoms with Gasteiger partial charge in [-0.15, -0.1) is 11.8 Å². The monoisotopic (exact) mass is 383 g/mol. The van der Waals surface area contributed by atoms with Gasteiger partial charge in [0.15, 0.2) is 0 Å². The average Bonchev–Trinajstić information content (AvgIpc) is 2.49. The van der Waals surface area contributed by atoms with Gasteiger partial charge >= 0.3 is 0 Å². The third kappa shape index (κ3) is 5.06. The number of carbonyl (C=O) groups is 1. The number of anilines is 1. The van der Waals surface area contributed by atoms with Crippen molar-refractivity contribution in [2.24, 2.45) is 0 Å². The summed E-state index contributed by atoms with van der Waals surface area (Å²) in [6.45, 7) is 2.01. The Kier molecular flexibility index (Phi) is 6.15. The van der Waals surface area contributed by atoms with E-state index in [9.17, 15) is 4.79 Å². The maximum Gasteiger partial charge on any atom is 0.237 e. The van der Waals surface area contributed by atoms with E-state index in [1.54, 1.807) is 11.8 Å². The van der Waals surface area contributed by atoms with Crippen molar-refractivity contribution in [3.05, 3.63) is 58.0 Å². The molecule has 0 aliphatic heterocycles. The van der Waals surface area contributed by atoms with E-state index in [0.717, 1.165) is 21.5 Å². The number of hydrogen-bond donors (Lipinski definition) is 1. The van der Waals surface area contributed by atoms with Gasteiger partial charge in [-0.3, -0.25) is 4.79 Å². The van der Waals surface area contributed by atoms with Crippen LogP contribution in [0.4, 0.5) is 5.69 Å². The molecule has 2 rings (SSSR count). The predicted octanol–water partition coefficient (Wildman–Crippen LogP) is 5.61. The fourth-order valence-corrected chi connectivity index (χ4v) is 3.10. The van der Waals surface area contributed by atoms with E-state index in [-0.39, 0.29) is 11.2 Å². The Hall–Kier alpha value is -0.970. The van der Waals surface area contributed by atoms with Crippen LogP contribution < -0.4 is 5.32 Å². The summed E-state index contributed by atoms with van der Waals surface area (Å²) in [6.07, 6.45) is 0.760. The molecular formula is C16H15BrClNOS. The van der Waals surface area contributed by atoms with E-state index in [0.29, 0.717) is 5.02 Å². The first-order valence-corrected chi connectivity index (χ1v) is 8.62. The highest BCUT2D eigenvalue weighted by atomic mass is 79.9. The minimum absolute atomic E-state index is 0.0137. The Balaban J connectivity index is 2.01. The zero-order chi connectivity index (χ0) is 15.2. The molecule has 21 heavy (non-hydrogen) atoms. The molecule has 1 atom stereocenters. The van der Waals surface area contributed by atoms with Gasteiger partial charge < -0.3 is 5.32 Å². The van der Waals surface area contributed by atoms with Crippen molar-refractivity contribution in [1.29, 1.82) is 0 Å². The van der Waals surface area contributed by atoms with E-state index in [4.69, 9.17) is 11.6 Å². The van der Waals surface area contributed by atoms with E-state index < -0.39 is 0 Å². The molecule has 0 fully saturated rings. The molecule has 1 N–H and O–H groups in total. The second-order valence-electron chi connectivity index (χ2n) is 4.46. The second kappa shape index (κ2) is 7.87. The second-order valence-corrected chi connectivity index (χ2v) is 7.09. The first-order chi connectivity index (χ1) is 10.1. The van der Waals surface area contributed by atoms with Crippen LogP contribution in [0.15, 0.2) is 57.9 Å². The average molecular weight is 385 g/mol. The molecule has 0 aromatic heterocycles. The van der Waals surface area contributed by atoms with Crippen LogP contribution in [0, 0.1) is 0 Å². The van der Waals surface area contributed by atoms with Gasteiger partial charge in [0.05, 0.1) is 5.25 Å². The Morgan fingerprint density at radius 3 is 2.38 bits per heavy atom. The van der Waals surface area contributed by atoms with Crippen molar-refractivity contribution in [3.63, 3.8) is 0 Å². The van der Waals surface area contributed by atoms with Crippen molar-refractivity contribution < 1.29 is 4.79 Å². The fourth-order valence-electron chi connectivity index (χ4n) is 1.76. The third-order valence-corrected chi connectivity index (χ3v) is 5.02. The van der Waals surface area contributed by atoms with Crippen LogP contribution in [0.2, 0.25) is 5.02 Å². The Labute approximate surface area is 142 Å². The third-order valence-electron chi connectivity index (χ3n) is 2.87. The first-order valence-electron chi connectivity index (χ1n) is 6.57. The highest BCUT2D eigenvalue weighted by Crippen LogP contribution is 2.27. The lowest BCUT2D eigenvalue weighted by molar-refractivity contribution is -0.115. The van der Waals surface area contributed by atoms with E-state index in [2.05, 4.69) is 21.2 Å². The molecule has 2 aromatic rings. The van der Waals surface area contributed by atoms with Crippen molar-refractivity contribution in [2.75, 3.05) is 5.32 Å². The summed E-state index contributed by atoms with van der Waals surface area (Å²) in [7, 11) is 0. The number of benzene rings is 2. The van der Waals surface area contributed by atoms with Crippen LogP contribution in [0.3, 0.4) is 0 Å². The Bertz CT molecular complexity index is 601. The molecule has 0 aliphatic rings. The molecule has 2 nitrogen and oxygen atoms in total. The summed E-state index contributed by atoms with van der Waals surface area (Å²) in [6, 6.07) is 15.1. The quantitative estimate of drug-likeness (QED) is 0.679. The lowest BCUT2D eigenvalue weighted by atomic mass is 10.3. The number of hydrogen-bond acceptors (Lipinski definition) is 2. The van der Waals surface area contributed by atoms with Gasteiger partial charge in [-0.1, -0.05) is 34.5 Å². The highest BCUT2D eigenvalue weighted by molar-refractivity contribution is 9.10. The zero-order valence-electron chi connectivity index (χ0n) is 11.5. The van der Waals surface area contributed by atoms with Crippen molar-refractivity contribution in [2.45, 2.75) is 23.5 Å². The number of nitrogens with one attached hydrogen (secondary N) is 1. The van der Waals surface area contributed by atoms with Crippen LogP contribution in [0.1, 0.15) is 13.3 Å². The number of amides is 1. The topological polar surface area (TPSA) is 29.1 Å². The van der Waals surface area contributed by atoms with Crippen LogP contribution in [0.5, 0.6) is 0 Å². The summed E-state index contributed by atoms with van der Waals surface area (Å²) < 4.78 is 0.989. The largest absolute Gasteiger partial charge is 0.325 e. The van der Waals surface area contributed by atoms with Gasteiger partial charge in [0.2, 0.25) is 5.91 Å².